The SMILES string of the molecule is CCN(Cc1ccccc1NC(=O)CN(C)S(=O)(=O)c1ccc(Cl)s1)C(C)=O. The standard InChI is InChI=1S/C18H22ClN3O4S2/c1-4-22(13(2)23)11-14-7-5-6-8-15(14)20-17(24)12-21(3)28(25,26)18-10-9-16(19)27-18/h5-10H,4,11-12H2,1-3H3,(H,20,24). The normalized spacial score (nSPS) is 11.5. The van der Waals surface area contributed by atoms with Gasteiger partial charge in [0, 0.05) is 32.7 Å². The molecule has 2 aromatic rings. The Kier molecular flexibility index (Phi) is 7.59. The van der Waals surface area contributed by atoms with Crippen LogP contribution in [-0.2, 0) is 26.2 Å². The van der Waals surface area contributed by atoms with Gasteiger partial charge < -0.3 is 10.2 Å². The largest absolute Gasteiger partial charge is 0.339 e. The highest BCUT2D eigenvalue weighted by molar-refractivity contribution is 7.91. The average molecular weight is 444 g/mol. The highest BCUT2D eigenvalue weighted by atomic mass is 35.5. The molecule has 152 valence electrons. The Labute approximate surface area is 174 Å². The molecule has 1 N–H and O–H groups in total. The molecule has 1 aromatic carbocycles. The molecule has 7 nitrogen and oxygen atoms in total. The third-order valence-corrected chi connectivity index (χ3v) is 7.56. The van der Waals surface area contributed by atoms with Crippen molar-refractivity contribution >= 4 is 50.5 Å². The molecule has 2 rings (SSSR count). The van der Waals surface area contributed by atoms with Gasteiger partial charge in [0.05, 0.1) is 10.9 Å². The van der Waals surface area contributed by atoms with Gasteiger partial charge in [-0.15, -0.1) is 11.3 Å². The molecule has 1 heterocycles. The summed E-state index contributed by atoms with van der Waals surface area (Å²) in [6, 6.07) is 10.0. The maximum absolute atomic E-state index is 12.5. The van der Waals surface area contributed by atoms with Crippen molar-refractivity contribution in [3.8, 4) is 0 Å². The topological polar surface area (TPSA) is 86.8 Å². The van der Waals surface area contributed by atoms with Gasteiger partial charge in [-0.25, -0.2) is 8.42 Å². The Morgan fingerprint density at radius 2 is 1.86 bits per heavy atom. The first-order valence-electron chi connectivity index (χ1n) is 8.50. The van der Waals surface area contributed by atoms with Gasteiger partial charge in [0.1, 0.15) is 4.21 Å². The van der Waals surface area contributed by atoms with Gasteiger partial charge in [0.2, 0.25) is 11.8 Å². The molecule has 0 fully saturated rings. The Bertz CT molecular complexity index is 959. The Morgan fingerprint density at radius 1 is 1.18 bits per heavy atom. The van der Waals surface area contributed by atoms with Crippen molar-refractivity contribution in [2.75, 3.05) is 25.5 Å². The molecule has 0 aliphatic heterocycles. The summed E-state index contributed by atoms with van der Waals surface area (Å²) >= 11 is 6.74. The zero-order chi connectivity index (χ0) is 20.9. The molecule has 10 heteroatoms. The molecular weight excluding hydrogens is 422 g/mol. The van der Waals surface area contributed by atoms with E-state index in [2.05, 4.69) is 5.32 Å². The van der Waals surface area contributed by atoms with E-state index in [9.17, 15) is 18.0 Å². The average Bonchev–Trinajstić information content (AvgIpc) is 3.07. The van der Waals surface area contributed by atoms with Crippen LogP contribution in [0.3, 0.4) is 0 Å². The van der Waals surface area contributed by atoms with E-state index in [0.717, 1.165) is 21.2 Å². The lowest BCUT2D eigenvalue weighted by molar-refractivity contribution is -0.129. The minimum Gasteiger partial charge on any atom is -0.339 e. The van der Waals surface area contributed by atoms with Crippen molar-refractivity contribution < 1.29 is 18.0 Å². The second-order valence-corrected chi connectivity index (χ2v) is 10.0. The van der Waals surface area contributed by atoms with Crippen molar-refractivity contribution in [2.24, 2.45) is 0 Å². The Hall–Kier alpha value is -1.94. The van der Waals surface area contributed by atoms with Crippen molar-refractivity contribution in [2.45, 2.75) is 24.6 Å². The molecule has 0 unspecified atom stereocenters. The van der Waals surface area contributed by atoms with E-state index in [-0.39, 0.29) is 16.7 Å². The third kappa shape index (κ3) is 5.54. The molecule has 0 radical (unpaired) electrons. The molecule has 1 aromatic heterocycles. The van der Waals surface area contributed by atoms with Crippen LogP contribution in [0.2, 0.25) is 4.34 Å². The number of rotatable bonds is 8. The van der Waals surface area contributed by atoms with Gasteiger partial charge in [-0.05, 0) is 30.7 Å². The molecule has 0 saturated heterocycles. The number of likely N-dealkylation sites (N-methyl/N-ethyl adjacent to an activating group) is 1. The number of hydrogen-bond donors (Lipinski definition) is 1. The van der Waals surface area contributed by atoms with E-state index in [1.54, 1.807) is 17.0 Å². The number of hydrogen-bond acceptors (Lipinski definition) is 5. The molecule has 0 spiro atoms. The number of nitrogens with zero attached hydrogens (tertiary/aromatic N) is 2. The van der Waals surface area contributed by atoms with Crippen molar-refractivity contribution in [1.82, 2.24) is 9.21 Å². The molecule has 0 aliphatic rings. The van der Waals surface area contributed by atoms with Crippen LogP contribution < -0.4 is 5.32 Å². The van der Waals surface area contributed by atoms with Crippen LogP contribution in [0.5, 0.6) is 0 Å². The van der Waals surface area contributed by atoms with Crippen LogP contribution in [0.1, 0.15) is 19.4 Å². The molecule has 0 bridgehead atoms. The summed E-state index contributed by atoms with van der Waals surface area (Å²) in [4.78, 5) is 25.7. The van der Waals surface area contributed by atoms with Gasteiger partial charge in [-0.2, -0.15) is 4.31 Å². The van der Waals surface area contributed by atoms with Crippen LogP contribution in [0, 0.1) is 0 Å². The molecule has 2 amide bonds. The van der Waals surface area contributed by atoms with E-state index in [4.69, 9.17) is 11.6 Å². The van der Waals surface area contributed by atoms with Crippen molar-refractivity contribution in [3.05, 3.63) is 46.3 Å². The fraction of sp³-hybridized carbons (Fsp3) is 0.333. The summed E-state index contributed by atoms with van der Waals surface area (Å²) in [5.74, 6) is -0.545. The molecule has 28 heavy (non-hydrogen) atoms. The first-order chi connectivity index (χ1) is 13.1. The second-order valence-electron chi connectivity index (χ2n) is 6.06. The van der Waals surface area contributed by atoms with E-state index in [0.29, 0.717) is 23.1 Å². The molecular formula is C18H22ClN3O4S2. The van der Waals surface area contributed by atoms with Gasteiger partial charge in [0.25, 0.3) is 10.0 Å². The zero-order valence-corrected chi connectivity index (χ0v) is 18.2. The quantitative estimate of drug-likeness (QED) is 0.679. The Balaban J connectivity index is 2.10. The molecule has 0 aliphatic carbocycles. The summed E-state index contributed by atoms with van der Waals surface area (Å²) in [5, 5.41) is 2.73. The first kappa shape index (κ1) is 22.4. The fourth-order valence-electron chi connectivity index (χ4n) is 2.50. The number of thiophene rings is 1. The first-order valence-corrected chi connectivity index (χ1v) is 11.1. The van der Waals surface area contributed by atoms with E-state index >= 15 is 0 Å². The van der Waals surface area contributed by atoms with Crippen molar-refractivity contribution in [3.63, 3.8) is 0 Å². The minimum absolute atomic E-state index is 0.0657. The monoisotopic (exact) mass is 443 g/mol. The minimum atomic E-state index is -3.80. The van der Waals surface area contributed by atoms with Crippen LogP contribution in [-0.4, -0.2) is 49.6 Å². The number of carbonyl (C=O) groups is 2. The highest BCUT2D eigenvalue weighted by Gasteiger charge is 2.25. The summed E-state index contributed by atoms with van der Waals surface area (Å²) < 4.78 is 26.4. The number of sulfonamides is 1. The Morgan fingerprint density at radius 3 is 2.43 bits per heavy atom. The predicted octanol–water partition coefficient (Wildman–Crippen LogP) is 3.03. The van der Waals surface area contributed by atoms with Gasteiger partial charge in [0.15, 0.2) is 0 Å². The van der Waals surface area contributed by atoms with Crippen LogP contribution >= 0.6 is 22.9 Å². The van der Waals surface area contributed by atoms with Gasteiger partial charge in [-0.1, -0.05) is 29.8 Å². The van der Waals surface area contributed by atoms with E-state index in [1.807, 2.05) is 19.1 Å². The molecule has 0 atom stereocenters. The second kappa shape index (κ2) is 9.51. The van der Waals surface area contributed by atoms with Gasteiger partial charge in [-0.3, -0.25) is 9.59 Å². The maximum atomic E-state index is 12.5. The lowest BCUT2D eigenvalue weighted by atomic mass is 10.1. The number of carbonyl (C=O) groups excluding carboxylic acids is 2. The number of amides is 2. The summed E-state index contributed by atoms with van der Waals surface area (Å²) in [6.45, 7) is 3.91. The number of anilines is 1. The lowest BCUT2D eigenvalue weighted by Crippen LogP contribution is -2.35. The summed E-state index contributed by atoms with van der Waals surface area (Å²) in [7, 11) is -2.46. The van der Waals surface area contributed by atoms with Crippen LogP contribution in [0.15, 0.2) is 40.6 Å². The highest BCUT2D eigenvalue weighted by Crippen LogP contribution is 2.27. The summed E-state index contributed by atoms with van der Waals surface area (Å²) in [6.07, 6.45) is 0. The van der Waals surface area contributed by atoms with Crippen LogP contribution in [0.4, 0.5) is 5.69 Å². The van der Waals surface area contributed by atoms with E-state index < -0.39 is 15.9 Å². The lowest BCUT2D eigenvalue weighted by Gasteiger charge is -2.21. The summed E-state index contributed by atoms with van der Waals surface area (Å²) in [5.41, 5.74) is 1.31. The predicted molar refractivity (Wildman–Crippen MR) is 111 cm³/mol. The van der Waals surface area contributed by atoms with E-state index in [1.165, 1.54) is 26.1 Å². The zero-order valence-electron chi connectivity index (χ0n) is 15.8. The third-order valence-electron chi connectivity index (χ3n) is 4.06. The maximum Gasteiger partial charge on any atom is 0.252 e. The van der Waals surface area contributed by atoms with Gasteiger partial charge >= 0.3 is 0 Å². The van der Waals surface area contributed by atoms with Crippen molar-refractivity contribution in [1.29, 1.82) is 0 Å². The number of nitrogens with one attached hydrogen (secondary N) is 1. The fourth-order valence-corrected chi connectivity index (χ4v) is 5.32. The number of halogens is 1. The number of benzene rings is 1. The van der Waals surface area contributed by atoms with Crippen LogP contribution in [0.25, 0.3) is 0 Å². The number of para-hydroxylation sites is 1. The smallest absolute Gasteiger partial charge is 0.252 e. The molecule has 0 saturated carbocycles.